The van der Waals surface area contributed by atoms with Crippen LogP contribution in [0.1, 0.15) is 12.5 Å². The van der Waals surface area contributed by atoms with Gasteiger partial charge in [0.15, 0.2) is 0 Å². The molecule has 0 aliphatic carbocycles. The number of rotatable bonds is 5. The molecule has 0 unspecified atom stereocenters. The Labute approximate surface area is 93.0 Å². The molecule has 0 amide bonds. The third kappa shape index (κ3) is 3.27. The first-order valence-corrected chi connectivity index (χ1v) is 5.47. The smallest absolute Gasteiger partial charge is 0.140 e. The third-order valence-electron chi connectivity index (χ3n) is 1.83. The van der Waals surface area contributed by atoms with Gasteiger partial charge in [-0.2, -0.15) is 0 Å². The van der Waals surface area contributed by atoms with Crippen LogP contribution in [0.4, 0.5) is 5.82 Å². The van der Waals surface area contributed by atoms with Crippen molar-refractivity contribution in [3.8, 4) is 0 Å². The molecule has 1 rings (SSSR count). The fraction of sp³-hybridized carbons (Fsp3) is 0.500. The minimum Gasteiger partial charge on any atom is -0.380 e. The van der Waals surface area contributed by atoms with Crippen molar-refractivity contribution in [2.45, 2.75) is 13.8 Å². The Morgan fingerprint density at radius 1 is 1.57 bits per heavy atom. The van der Waals surface area contributed by atoms with Crippen LogP contribution in [0.2, 0.25) is 0 Å². The van der Waals surface area contributed by atoms with Gasteiger partial charge in [0.1, 0.15) is 5.82 Å². The second-order valence-electron chi connectivity index (χ2n) is 2.91. The number of aromatic nitrogens is 1. The van der Waals surface area contributed by atoms with Gasteiger partial charge in [-0.05, 0) is 41.4 Å². The van der Waals surface area contributed by atoms with Crippen molar-refractivity contribution >= 4 is 21.7 Å². The lowest BCUT2D eigenvalue weighted by Crippen LogP contribution is -2.10. The molecule has 0 bridgehead atoms. The lowest BCUT2D eigenvalue weighted by Gasteiger charge is -2.08. The van der Waals surface area contributed by atoms with Gasteiger partial charge in [0.2, 0.25) is 0 Å². The topological polar surface area (TPSA) is 34.1 Å². The highest BCUT2D eigenvalue weighted by Crippen LogP contribution is 2.22. The second-order valence-corrected chi connectivity index (χ2v) is 3.71. The summed E-state index contributed by atoms with van der Waals surface area (Å²) in [4.78, 5) is 4.22. The van der Waals surface area contributed by atoms with E-state index in [-0.39, 0.29) is 0 Å². The van der Waals surface area contributed by atoms with Gasteiger partial charge in [-0.3, -0.25) is 0 Å². The number of ether oxygens (including phenoxy) is 1. The highest BCUT2D eigenvalue weighted by atomic mass is 79.9. The standard InChI is InChI=1S/C10H15BrN2O/c1-3-14-7-6-13-10-9(11)8(2)4-5-12-10/h4-5H,3,6-7H2,1-2H3,(H,12,13). The Balaban J connectivity index is 2.46. The Morgan fingerprint density at radius 3 is 3.07 bits per heavy atom. The summed E-state index contributed by atoms with van der Waals surface area (Å²) in [6.07, 6.45) is 1.79. The molecule has 0 fully saturated rings. The number of pyridine rings is 1. The molecule has 4 heteroatoms. The summed E-state index contributed by atoms with van der Waals surface area (Å²) < 4.78 is 6.24. The van der Waals surface area contributed by atoms with E-state index in [2.05, 4.69) is 26.2 Å². The molecule has 78 valence electrons. The summed E-state index contributed by atoms with van der Waals surface area (Å²) in [5.74, 6) is 0.879. The third-order valence-corrected chi connectivity index (χ3v) is 2.83. The summed E-state index contributed by atoms with van der Waals surface area (Å²) in [6, 6.07) is 1.97. The Kier molecular flexibility index (Phi) is 4.90. The first-order chi connectivity index (χ1) is 6.75. The van der Waals surface area contributed by atoms with Crippen LogP contribution < -0.4 is 5.32 Å². The maximum atomic E-state index is 5.22. The molecule has 0 saturated carbocycles. The van der Waals surface area contributed by atoms with Crippen LogP contribution in [0, 0.1) is 6.92 Å². The van der Waals surface area contributed by atoms with Gasteiger partial charge in [0, 0.05) is 19.3 Å². The molecule has 1 N–H and O–H groups in total. The van der Waals surface area contributed by atoms with Crippen molar-refractivity contribution in [3.63, 3.8) is 0 Å². The first kappa shape index (κ1) is 11.5. The fourth-order valence-corrected chi connectivity index (χ4v) is 1.42. The number of hydrogen-bond donors (Lipinski definition) is 1. The van der Waals surface area contributed by atoms with Gasteiger partial charge in [0.25, 0.3) is 0 Å². The van der Waals surface area contributed by atoms with E-state index in [0.29, 0.717) is 6.61 Å². The van der Waals surface area contributed by atoms with Crippen molar-refractivity contribution in [1.82, 2.24) is 4.98 Å². The highest BCUT2D eigenvalue weighted by molar-refractivity contribution is 9.10. The molecule has 1 aromatic rings. The summed E-state index contributed by atoms with van der Waals surface area (Å²) >= 11 is 3.48. The zero-order valence-corrected chi connectivity index (χ0v) is 10.1. The minimum atomic E-state index is 0.707. The van der Waals surface area contributed by atoms with Gasteiger partial charge in [-0.1, -0.05) is 0 Å². The van der Waals surface area contributed by atoms with Crippen molar-refractivity contribution in [1.29, 1.82) is 0 Å². The molecule has 0 spiro atoms. The maximum absolute atomic E-state index is 5.22. The molecular weight excluding hydrogens is 244 g/mol. The predicted molar refractivity (Wildman–Crippen MR) is 61.7 cm³/mol. The quantitative estimate of drug-likeness (QED) is 0.825. The molecule has 0 radical (unpaired) electrons. The van der Waals surface area contributed by atoms with E-state index in [4.69, 9.17) is 4.74 Å². The van der Waals surface area contributed by atoms with Crippen molar-refractivity contribution < 1.29 is 4.74 Å². The molecular formula is C10H15BrN2O. The molecule has 0 saturated heterocycles. The van der Waals surface area contributed by atoms with Crippen LogP contribution in [0.25, 0.3) is 0 Å². The zero-order valence-electron chi connectivity index (χ0n) is 8.51. The first-order valence-electron chi connectivity index (χ1n) is 4.68. The molecule has 14 heavy (non-hydrogen) atoms. The van der Waals surface area contributed by atoms with Crippen molar-refractivity contribution in [2.75, 3.05) is 25.1 Å². The number of halogens is 1. The number of hydrogen-bond acceptors (Lipinski definition) is 3. The van der Waals surface area contributed by atoms with Crippen molar-refractivity contribution in [3.05, 3.63) is 22.3 Å². The lowest BCUT2D eigenvalue weighted by atomic mass is 10.3. The number of aryl methyl sites for hydroxylation is 1. The average Bonchev–Trinajstić information content (AvgIpc) is 2.19. The van der Waals surface area contributed by atoms with Gasteiger partial charge in [-0.25, -0.2) is 4.98 Å². The monoisotopic (exact) mass is 258 g/mol. The highest BCUT2D eigenvalue weighted by Gasteiger charge is 2.01. The normalized spacial score (nSPS) is 10.2. The van der Waals surface area contributed by atoms with E-state index in [1.54, 1.807) is 6.20 Å². The predicted octanol–water partition coefficient (Wildman–Crippen LogP) is 2.60. The number of anilines is 1. The summed E-state index contributed by atoms with van der Waals surface area (Å²) in [6.45, 7) is 6.27. The van der Waals surface area contributed by atoms with E-state index in [0.717, 1.165) is 23.4 Å². The lowest BCUT2D eigenvalue weighted by molar-refractivity contribution is 0.158. The molecule has 3 nitrogen and oxygen atoms in total. The van der Waals surface area contributed by atoms with Crippen LogP contribution >= 0.6 is 15.9 Å². The summed E-state index contributed by atoms with van der Waals surface area (Å²) in [5.41, 5.74) is 1.18. The van der Waals surface area contributed by atoms with E-state index >= 15 is 0 Å². The van der Waals surface area contributed by atoms with Crippen LogP contribution in [0.5, 0.6) is 0 Å². The summed E-state index contributed by atoms with van der Waals surface area (Å²) in [7, 11) is 0. The van der Waals surface area contributed by atoms with Crippen LogP contribution in [0.15, 0.2) is 16.7 Å². The van der Waals surface area contributed by atoms with Gasteiger partial charge < -0.3 is 10.1 Å². The van der Waals surface area contributed by atoms with E-state index in [1.165, 1.54) is 5.56 Å². The molecule has 0 atom stereocenters. The van der Waals surface area contributed by atoms with Crippen LogP contribution in [0.3, 0.4) is 0 Å². The zero-order chi connectivity index (χ0) is 10.4. The number of nitrogens with zero attached hydrogens (tertiary/aromatic N) is 1. The van der Waals surface area contributed by atoms with Crippen LogP contribution in [-0.2, 0) is 4.74 Å². The fourth-order valence-electron chi connectivity index (χ4n) is 1.05. The van der Waals surface area contributed by atoms with Gasteiger partial charge in [-0.15, -0.1) is 0 Å². The Morgan fingerprint density at radius 2 is 2.36 bits per heavy atom. The SMILES string of the molecule is CCOCCNc1nccc(C)c1Br. The molecule has 0 aliphatic rings. The van der Waals surface area contributed by atoms with Gasteiger partial charge in [0.05, 0.1) is 11.1 Å². The largest absolute Gasteiger partial charge is 0.380 e. The van der Waals surface area contributed by atoms with E-state index in [1.807, 2.05) is 19.9 Å². The minimum absolute atomic E-state index is 0.707. The van der Waals surface area contributed by atoms with Gasteiger partial charge >= 0.3 is 0 Å². The molecule has 0 aliphatic heterocycles. The van der Waals surface area contributed by atoms with Crippen molar-refractivity contribution in [2.24, 2.45) is 0 Å². The molecule has 1 heterocycles. The Bertz CT molecular complexity index is 291. The maximum Gasteiger partial charge on any atom is 0.140 e. The Hall–Kier alpha value is -0.610. The molecule has 1 aromatic heterocycles. The average molecular weight is 259 g/mol. The van der Waals surface area contributed by atoms with E-state index in [9.17, 15) is 0 Å². The van der Waals surface area contributed by atoms with Crippen LogP contribution in [-0.4, -0.2) is 24.7 Å². The summed E-state index contributed by atoms with van der Waals surface area (Å²) in [5, 5.41) is 3.21. The molecule has 0 aromatic carbocycles. The van der Waals surface area contributed by atoms with E-state index < -0.39 is 0 Å². The second kappa shape index (κ2) is 5.98. The number of nitrogens with one attached hydrogen (secondary N) is 1.